The van der Waals surface area contributed by atoms with Gasteiger partial charge in [-0.2, -0.15) is 0 Å². The number of aliphatic carboxylic acids is 2. The zero-order chi connectivity index (χ0) is 33.1. The number of anilines is 1. The first-order valence-corrected chi connectivity index (χ1v) is 15.2. The molecule has 0 aliphatic carbocycles. The summed E-state index contributed by atoms with van der Waals surface area (Å²) in [4.78, 5) is 62.1. The van der Waals surface area contributed by atoms with E-state index in [1.165, 1.54) is 9.80 Å². The summed E-state index contributed by atoms with van der Waals surface area (Å²) >= 11 is 0. The van der Waals surface area contributed by atoms with Gasteiger partial charge in [0.05, 0.1) is 37.6 Å². The van der Waals surface area contributed by atoms with Gasteiger partial charge in [-0.25, -0.2) is 0 Å². The fourth-order valence-electron chi connectivity index (χ4n) is 4.74. The number of carbonyl (C=O) groups excluding carboxylic acids is 2. The Morgan fingerprint density at radius 1 is 0.652 bits per heavy atom. The van der Waals surface area contributed by atoms with Gasteiger partial charge in [0.15, 0.2) is 0 Å². The molecule has 0 bridgehead atoms. The van der Waals surface area contributed by atoms with Crippen molar-refractivity contribution in [2.75, 3.05) is 57.7 Å². The van der Waals surface area contributed by atoms with Crippen LogP contribution in [-0.4, -0.2) is 111 Å². The second-order valence-electron chi connectivity index (χ2n) is 11.0. The van der Waals surface area contributed by atoms with Crippen LogP contribution >= 0.6 is 0 Å². The summed E-state index contributed by atoms with van der Waals surface area (Å²) in [5.74, 6) is -2.96. The van der Waals surface area contributed by atoms with Crippen LogP contribution in [0.2, 0.25) is 0 Å². The highest BCUT2D eigenvalue weighted by molar-refractivity contribution is 5.92. The van der Waals surface area contributed by atoms with Crippen molar-refractivity contribution in [1.82, 2.24) is 30.0 Å². The Kier molecular flexibility index (Phi) is 15.3. The van der Waals surface area contributed by atoms with Gasteiger partial charge in [-0.1, -0.05) is 29.8 Å². The van der Waals surface area contributed by atoms with E-state index in [1.54, 1.807) is 24.5 Å². The van der Waals surface area contributed by atoms with Crippen LogP contribution in [0.5, 0.6) is 0 Å². The van der Waals surface area contributed by atoms with Gasteiger partial charge >= 0.3 is 11.9 Å². The van der Waals surface area contributed by atoms with Crippen LogP contribution in [-0.2, 0) is 32.3 Å². The first-order valence-electron chi connectivity index (χ1n) is 15.2. The molecular formula is C33H43N7O6. The van der Waals surface area contributed by atoms with Crippen LogP contribution in [0.15, 0.2) is 73.1 Å². The fourth-order valence-corrected chi connectivity index (χ4v) is 4.74. The average molecular weight is 634 g/mol. The number of carbonyl (C=O) groups is 4. The topological polar surface area (TPSA) is 168 Å². The summed E-state index contributed by atoms with van der Waals surface area (Å²) in [6, 6.07) is 18.8. The molecule has 0 fully saturated rings. The summed E-state index contributed by atoms with van der Waals surface area (Å²) in [6.07, 6.45) is 5.07. The van der Waals surface area contributed by atoms with E-state index < -0.39 is 30.9 Å². The number of benzene rings is 1. The van der Waals surface area contributed by atoms with Crippen molar-refractivity contribution >= 4 is 29.4 Å². The number of hydrogen-bond donors (Lipinski definition) is 4. The van der Waals surface area contributed by atoms with E-state index in [0.717, 1.165) is 29.9 Å². The number of hydrogen-bond acceptors (Lipinski definition) is 9. The lowest BCUT2D eigenvalue weighted by Crippen LogP contribution is -2.45. The number of rotatable bonds is 21. The lowest BCUT2D eigenvalue weighted by atomic mass is 10.2. The molecule has 0 aliphatic heterocycles. The van der Waals surface area contributed by atoms with Gasteiger partial charge in [-0.3, -0.25) is 43.8 Å². The maximum atomic E-state index is 12.7. The van der Waals surface area contributed by atoms with Gasteiger partial charge in [0.1, 0.15) is 0 Å². The van der Waals surface area contributed by atoms with E-state index >= 15 is 0 Å². The Morgan fingerprint density at radius 3 is 1.70 bits per heavy atom. The number of carboxylic acid groups (broad SMARTS) is 2. The number of pyridine rings is 2. The van der Waals surface area contributed by atoms with Crippen LogP contribution in [0.25, 0.3) is 0 Å². The standard InChI is InChI=1S/C33H43N7O6/c1-26-10-12-27(13-11-26)37-31(42)23-40(25-33(45)46)19-18-39(24-32(43)44)22-30(41)36-16-6-7-17-38(20-28-8-2-4-14-34-28)21-29-9-3-5-15-35-29/h2-5,8-15H,6-7,16-25H2,1H3,(H,36,41)(H,37,42)(H,43,44)(H,45,46). The predicted molar refractivity (Wildman–Crippen MR) is 173 cm³/mol. The second-order valence-corrected chi connectivity index (χ2v) is 11.0. The molecule has 0 aliphatic rings. The lowest BCUT2D eigenvalue weighted by molar-refractivity contribution is -0.141. The third-order valence-electron chi connectivity index (χ3n) is 6.97. The Morgan fingerprint density at radius 2 is 1.20 bits per heavy atom. The molecular weight excluding hydrogens is 590 g/mol. The third kappa shape index (κ3) is 14.8. The molecule has 13 heteroatoms. The number of amides is 2. The molecule has 2 amide bonds. The van der Waals surface area contributed by atoms with Crippen molar-refractivity contribution < 1.29 is 29.4 Å². The number of nitrogens with zero attached hydrogens (tertiary/aromatic N) is 5. The Hall–Kier alpha value is -4.72. The molecule has 4 N–H and O–H groups in total. The van der Waals surface area contributed by atoms with E-state index in [0.29, 0.717) is 31.7 Å². The quantitative estimate of drug-likeness (QED) is 0.127. The maximum absolute atomic E-state index is 12.7. The zero-order valence-electron chi connectivity index (χ0n) is 26.2. The summed E-state index contributed by atoms with van der Waals surface area (Å²) < 4.78 is 0. The van der Waals surface area contributed by atoms with E-state index in [1.807, 2.05) is 55.5 Å². The van der Waals surface area contributed by atoms with Gasteiger partial charge < -0.3 is 20.8 Å². The van der Waals surface area contributed by atoms with Crippen LogP contribution in [0.4, 0.5) is 5.69 Å². The second kappa shape index (κ2) is 19.6. The maximum Gasteiger partial charge on any atom is 0.317 e. The van der Waals surface area contributed by atoms with Crippen LogP contribution in [0.1, 0.15) is 29.8 Å². The lowest BCUT2D eigenvalue weighted by Gasteiger charge is -2.25. The van der Waals surface area contributed by atoms with Crippen molar-refractivity contribution in [3.8, 4) is 0 Å². The monoisotopic (exact) mass is 633 g/mol. The Bertz CT molecular complexity index is 1330. The predicted octanol–water partition coefficient (Wildman–Crippen LogP) is 2.10. The molecule has 46 heavy (non-hydrogen) atoms. The van der Waals surface area contributed by atoms with Crippen molar-refractivity contribution in [2.45, 2.75) is 32.9 Å². The minimum absolute atomic E-state index is 0.0799. The highest BCUT2D eigenvalue weighted by Gasteiger charge is 2.19. The van der Waals surface area contributed by atoms with E-state index in [-0.39, 0.29) is 32.1 Å². The summed E-state index contributed by atoms with van der Waals surface area (Å²) in [5, 5.41) is 24.3. The highest BCUT2D eigenvalue weighted by Crippen LogP contribution is 2.10. The number of unbranched alkanes of at least 4 members (excludes halogenated alkanes) is 1. The normalized spacial score (nSPS) is 11.1. The number of nitrogens with one attached hydrogen (secondary N) is 2. The first kappa shape index (κ1) is 35.8. The number of aryl methyl sites for hydroxylation is 1. The number of carboxylic acids is 2. The summed E-state index contributed by atoms with van der Waals surface area (Å²) in [5.41, 5.74) is 3.54. The Balaban J connectivity index is 1.45. The molecule has 0 unspecified atom stereocenters. The molecule has 1 aromatic carbocycles. The first-order chi connectivity index (χ1) is 22.2. The minimum atomic E-state index is -1.12. The molecule has 0 spiro atoms. The van der Waals surface area contributed by atoms with E-state index in [9.17, 15) is 29.4 Å². The van der Waals surface area contributed by atoms with Gasteiger partial charge in [-0.05, 0) is 62.7 Å². The fraction of sp³-hybridized carbons (Fsp3) is 0.394. The van der Waals surface area contributed by atoms with Crippen molar-refractivity contribution in [1.29, 1.82) is 0 Å². The van der Waals surface area contributed by atoms with Crippen molar-refractivity contribution in [3.05, 3.63) is 90.0 Å². The van der Waals surface area contributed by atoms with Gasteiger partial charge in [0, 0.05) is 50.8 Å². The van der Waals surface area contributed by atoms with Crippen molar-refractivity contribution in [3.63, 3.8) is 0 Å². The van der Waals surface area contributed by atoms with E-state index in [4.69, 9.17) is 0 Å². The summed E-state index contributed by atoms with van der Waals surface area (Å²) in [6.45, 7) is 3.42. The Labute approximate surface area is 269 Å². The largest absolute Gasteiger partial charge is 0.480 e. The molecule has 0 saturated heterocycles. The molecule has 246 valence electrons. The van der Waals surface area contributed by atoms with Gasteiger partial charge in [0.25, 0.3) is 0 Å². The van der Waals surface area contributed by atoms with Crippen molar-refractivity contribution in [2.24, 2.45) is 0 Å². The van der Waals surface area contributed by atoms with Crippen LogP contribution in [0.3, 0.4) is 0 Å². The highest BCUT2D eigenvalue weighted by atomic mass is 16.4. The van der Waals surface area contributed by atoms with Crippen LogP contribution in [0, 0.1) is 6.92 Å². The molecule has 3 aromatic rings. The molecule has 0 saturated carbocycles. The molecule has 0 atom stereocenters. The SMILES string of the molecule is Cc1ccc(NC(=O)CN(CCN(CC(=O)O)CC(=O)NCCCCN(Cc2ccccn2)Cc2ccccn2)CC(=O)O)cc1. The average Bonchev–Trinajstić information content (AvgIpc) is 3.01. The van der Waals surface area contributed by atoms with Gasteiger partial charge in [0.2, 0.25) is 11.8 Å². The number of aromatic nitrogens is 2. The molecule has 3 rings (SSSR count). The smallest absolute Gasteiger partial charge is 0.317 e. The molecule has 2 aromatic heterocycles. The zero-order valence-corrected chi connectivity index (χ0v) is 26.2. The summed E-state index contributed by atoms with van der Waals surface area (Å²) in [7, 11) is 0. The third-order valence-corrected chi connectivity index (χ3v) is 6.97. The van der Waals surface area contributed by atoms with E-state index in [2.05, 4.69) is 25.5 Å². The molecule has 13 nitrogen and oxygen atoms in total. The molecule has 2 heterocycles. The van der Waals surface area contributed by atoms with Gasteiger partial charge in [-0.15, -0.1) is 0 Å². The van der Waals surface area contributed by atoms with Crippen LogP contribution < -0.4 is 10.6 Å². The molecule has 0 radical (unpaired) electrons. The minimum Gasteiger partial charge on any atom is -0.480 e.